The number of aromatic nitrogens is 3. The Kier molecular flexibility index (Phi) is 4.99. The maximum absolute atomic E-state index is 12.8. The molecule has 1 saturated heterocycles. The van der Waals surface area contributed by atoms with Crippen LogP contribution in [0, 0.1) is 10.1 Å². The van der Waals surface area contributed by atoms with Crippen molar-refractivity contribution in [3.63, 3.8) is 0 Å². The highest BCUT2D eigenvalue weighted by atomic mass is 32.2. The summed E-state index contributed by atoms with van der Waals surface area (Å²) in [5, 5.41) is 19.4. The van der Waals surface area contributed by atoms with E-state index in [0.717, 1.165) is 6.07 Å². The summed E-state index contributed by atoms with van der Waals surface area (Å²) in [6.07, 6.45) is 3.75. The molecule has 4 rings (SSSR count). The van der Waals surface area contributed by atoms with E-state index in [1.54, 1.807) is 0 Å². The molecule has 0 radical (unpaired) electrons. The van der Waals surface area contributed by atoms with E-state index in [-0.39, 0.29) is 23.7 Å². The predicted molar refractivity (Wildman–Crippen MR) is 105 cm³/mol. The van der Waals surface area contributed by atoms with E-state index >= 15 is 0 Å². The van der Waals surface area contributed by atoms with Gasteiger partial charge in [-0.05, 0) is 30.3 Å². The van der Waals surface area contributed by atoms with Gasteiger partial charge in [-0.25, -0.2) is 8.42 Å². The number of nitro benzene ring substituents is 1. The fourth-order valence-corrected chi connectivity index (χ4v) is 4.64. The fourth-order valence-electron chi connectivity index (χ4n) is 3.18. The molecule has 0 unspecified atom stereocenters. The van der Waals surface area contributed by atoms with Gasteiger partial charge in [-0.2, -0.15) is 4.31 Å². The van der Waals surface area contributed by atoms with Gasteiger partial charge in [0.05, 0.1) is 9.82 Å². The van der Waals surface area contributed by atoms with E-state index in [2.05, 4.69) is 10.2 Å². The van der Waals surface area contributed by atoms with Gasteiger partial charge in [0, 0.05) is 50.7 Å². The van der Waals surface area contributed by atoms with Gasteiger partial charge in [0.1, 0.15) is 0 Å². The van der Waals surface area contributed by atoms with Gasteiger partial charge in [0.2, 0.25) is 10.0 Å². The molecule has 3 aromatic rings. The lowest BCUT2D eigenvalue weighted by atomic mass is 10.3. The lowest BCUT2D eigenvalue weighted by molar-refractivity contribution is -0.385. The quantitative estimate of drug-likeness (QED) is 0.461. The molecule has 1 aromatic carbocycles. The molecule has 3 heterocycles. The van der Waals surface area contributed by atoms with Crippen LogP contribution in [0.2, 0.25) is 0 Å². The number of nitrogens with zero attached hydrogens (tertiary/aromatic N) is 6. The van der Waals surface area contributed by atoms with Crippen molar-refractivity contribution in [2.45, 2.75) is 4.90 Å². The van der Waals surface area contributed by atoms with Crippen molar-refractivity contribution in [2.75, 3.05) is 31.1 Å². The van der Waals surface area contributed by atoms with Crippen LogP contribution in [0.25, 0.3) is 5.82 Å². The van der Waals surface area contributed by atoms with Crippen molar-refractivity contribution < 1.29 is 13.3 Å². The molecule has 0 saturated carbocycles. The Hall–Kier alpha value is -3.31. The van der Waals surface area contributed by atoms with Crippen molar-refractivity contribution in [1.29, 1.82) is 0 Å². The summed E-state index contributed by atoms with van der Waals surface area (Å²) in [4.78, 5) is 12.2. The van der Waals surface area contributed by atoms with Gasteiger partial charge in [-0.3, -0.25) is 10.1 Å². The zero-order chi connectivity index (χ0) is 20.4. The van der Waals surface area contributed by atoms with Gasteiger partial charge in [0.15, 0.2) is 11.6 Å². The second kappa shape index (κ2) is 7.60. The van der Waals surface area contributed by atoms with Gasteiger partial charge in [0.25, 0.3) is 5.69 Å². The summed E-state index contributed by atoms with van der Waals surface area (Å²) in [5.74, 6) is 1.37. The Labute approximate surface area is 167 Å². The summed E-state index contributed by atoms with van der Waals surface area (Å²) in [7, 11) is -3.80. The van der Waals surface area contributed by atoms with Crippen molar-refractivity contribution in [3.05, 3.63) is 71.0 Å². The summed E-state index contributed by atoms with van der Waals surface area (Å²) in [6.45, 7) is 1.41. The molecule has 0 spiro atoms. The summed E-state index contributed by atoms with van der Waals surface area (Å²) in [5.41, 5.74) is -0.247. The van der Waals surface area contributed by atoms with Crippen LogP contribution in [-0.2, 0) is 10.0 Å². The molecule has 150 valence electrons. The number of nitro groups is 1. The first-order valence-electron chi connectivity index (χ1n) is 8.92. The van der Waals surface area contributed by atoms with Gasteiger partial charge in [-0.15, -0.1) is 10.2 Å². The van der Waals surface area contributed by atoms with Crippen molar-refractivity contribution in [3.8, 4) is 5.82 Å². The molecular weight excluding hydrogens is 396 g/mol. The molecule has 0 atom stereocenters. The topological polar surface area (TPSA) is 114 Å². The highest BCUT2D eigenvalue weighted by Gasteiger charge is 2.30. The highest BCUT2D eigenvalue weighted by Crippen LogP contribution is 2.23. The largest absolute Gasteiger partial charge is 0.352 e. The third-order valence-electron chi connectivity index (χ3n) is 4.73. The fraction of sp³-hybridized carbons (Fsp3) is 0.222. The Morgan fingerprint density at radius 1 is 0.897 bits per heavy atom. The molecule has 0 N–H and O–H groups in total. The van der Waals surface area contributed by atoms with Crippen LogP contribution in [0.5, 0.6) is 0 Å². The number of hydrogen-bond donors (Lipinski definition) is 0. The minimum atomic E-state index is -3.80. The zero-order valence-electron chi connectivity index (χ0n) is 15.3. The van der Waals surface area contributed by atoms with E-state index in [4.69, 9.17) is 0 Å². The van der Waals surface area contributed by atoms with Gasteiger partial charge in [-0.1, -0.05) is 6.07 Å². The number of sulfonamides is 1. The number of piperazine rings is 1. The molecule has 11 heteroatoms. The molecule has 29 heavy (non-hydrogen) atoms. The van der Waals surface area contributed by atoms with Crippen LogP contribution in [0.15, 0.2) is 65.8 Å². The van der Waals surface area contributed by atoms with E-state index in [0.29, 0.717) is 24.7 Å². The number of rotatable bonds is 5. The van der Waals surface area contributed by atoms with Gasteiger partial charge < -0.3 is 9.47 Å². The first kappa shape index (κ1) is 19.0. The maximum atomic E-state index is 12.8. The maximum Gasteiger partial charge on any atom is 0.270 e. The van der Waals surface area contributed by atoms with Crippen LogP contribution in [0.1, 0.15) is 0 Å². The third kappa shape index (κ3) is 3.82. The monoisotopic (exact) mass is 414 g/mol. The number of benzene rings is 1. The molecule has 0 aliphatic carbocycles. The van der Waals surface area contributed by atoms with Crippen LogP contribution < -0.4 is 4.90 Å². The minimum absolute atomic E-state index is 0.0731. The van der Waals surface area contributed by atoms with E-state index in [9.17, 15) is 18.5 Å². The standard InChI is InChI=1S/C18H18N6O4S/c25-24(26)15-4-3-5-16(14-15)29(27,28)23-12-10-22(11-13-23)18-7-6-17(19-20-18)21-8-1-2-9-21/h1-9,14H,10-13H2. The van der Waals surface area contributed by atoms with Crippen molar-refractivity contribution in [2.24, 2.45) is 0 Å². The van der Waals surface area contributed by atoms with Crippen LogP contribution in [0.4, 0.5) is 11.5 Å². The smallest absolute Gasteiger partial charge is 0.270 e. The molecule has 0 bridgehead atoms. The number of anilines is 1. The Morgan fingerprint density at radius 2 is 1.55 bits per heavy atom. The highest BCUT2D eigenvalue weighted by molar-refractivity contribution is 7.89. The molecule has 2 aromatic heterocycles. The molecule has 1 aliphatic rings. The second-order valence-corrected chi connectivity index (χ2v) is 8.42. The average Bonchev–Trinajstić information content (AvgIpc) is 3.29. The van der Waals surface area contributed by atoms with Crippen LogP contribution >= 0.6 is 0 Å². The van der Waals surface area contributed by atoms with E-state index in [1.807, 2.05) is 46.1 Å². The number of non-ortho nitro benzene ring substituents is 1. The lowest BCUT2D eigenvalue weighted by Gasteiger charge is -2.34. The molecule has 10 nitrogen and oxygen atoms in total. The van der Waals surface area contributed by atoms with E-state index < -0.39 is 14.9 Å². The lowest BCUT2D eigenvalue weighted by Crippen LogP contribution is -2.49. The first-order chi connectivity index (χ1) is 13.9. The van der Waals surface area contributed by atoms with Crippen molar-refractivity contribution in [1.82, 2.24) is 19.1 Å². The molecule has 1 fully saturated rings. The summed E-state index contributed by atoms with van der Waals surface area (Å²) in [6, 6.07) is 12.6. The summed E-state index contributed by atoms with van der Waals surface area (Å²) >= 11 is 0. The normalized spacial score (nSPS) is 15.4. The second-order valence-electron chi connectivity index (χ2n) is 6.49. The summed E-state index contributed by atoms with van der Waals surface area (Å²) < 4.78 is 28.9. The molecule has 1 aliphatic heterocycles. The Bertz CT molecular complexity index is 1110. The average molecular weight is 414 g/mol. The molecular formula is C18H18N6O4S. The molecule has 0 amide bonds. The van der Waals surface area contributed by atoms with Gasteiger partial charge >= 0.3 is 0 Å². The predicted octanol–water partition coefficient (Wildman–Crippen LogP) is 1.69. The third-order valence-corrected chi connectivity index (χ3v) is 6.63. The first-order valence-corrected chi connectivity index (χ1v) is 10.4. The Morgan fingerprint density at radius 3 is 2.17 bits per heavy atom. The SMILES string of the molecule is O=[N+]([O-])c1cccc(S(=O)(=O)N2CCN(c3ccc(-n4cccc4)nn3)CC2)c1. The Balaban J connectivity index is 1.45. The van der Waals surface area contributed by atoms with Crippen LogP contribution in [-0.4, -0.2) is 58.6 Å². The van der Waals surface area contributed by atoms with Crippen LogP contribution in [0.3, 0.4) is 0 Å². The van der Waals surface area contributed by atoms with E-state index in [1.165, 1.54) is 22.5 Å². The minimum Gasteiger partial charge on any atom is -0.352 e. The zero-order valence-corrected chi connectivity index (χ0v) is 16.1. The number of hydrogen-bond acceptors (Lipinski definition) is 7. The van der Waals surface area contributed by atoms with Crippen molar-refractivity contribution >= 4 is 21.5 Å².